The van der Waals surface area contributed by atoms with Crippen LogP contribution in [0, 0.1) is 5.82 Å². The number of hydrogen-bond acceptors (Lipinski definition) is 4. The van der Waals surface area contributed by atoms with Crippen molar-refractivity contribution in [2.24, 2.45) is 5.73 Å². The van der Waals surface area contributed by atoms with Crippen LogP contribution in [-0.4, -0.2) is 31.6 Å². The van der Waals surface area contributed by atoms with E-state index in [4.69, 9.17) is 5.73 Å². The Kier molecular flexibility index (Phi) is 5.06. The lowest BCUT2D eigenvalue weighted by Gasteiger charge is -2.15. The molecule has 0 unspecified atom stereocenters. The van der Waals surface area contributed by atoms with E-state index in [1.54, 1.807) is 11.9 Å². The Morgan fingerprint density at radius 2 is 2.06 bits per heavy atom. The van der Waals surface area contributed by atoms with E-state index in [2.05, 4.69) is 4.74 Å². The van der Waals surface area contributed by atoms with Gasteiger partial charge in [0.2, 0.25) is 0 Å². The minimum atomic E-state index is -0.317. The molecule has 0 aliphatic rings. The van der Waals surface area contributed by atoms with Crippen LogP contribution in [-0.2, 0) is 22.6 Å². The molecule has 2 N–H and O–H groups in total. The minimum absolute atomic E-state index is 0.172. The van der Waals surface area contributed by atoms with Crippen molar-refractivity contribution in [2.75, 3.05) is 20.7 Å². The van der Waals surface area contributed by atoms with Crippen LogP contribution in [0.15, 0.2) is 18.2 Å². The third-order valence-corrected chi connectivity index (χ3v) is 2.33. The van der Waals surface area contributed by atoms with E-state index < -0.39 is 0 Å². The number of methoxy groups -OCH3 is 1. The quantitative estimate of drug-likeness (QED) is 0.777. The number of benzene rings is 1. The second-order valence-corrected chi connectivity index (χ2v) is 3.92. The molecule has 0 aliphatic carbocycles. The van der Waals surface area contributed by atoms with Crippen molar-refractivity contribution >= 4 is 5.97 Å². The Morgan fingerprint density at radius 1 is 1.41 bits per heavy atom. The summed E-state index contributed by atoms with van der Waals surface area (Å²) in [5.41, 5.74) is 7.00. The molecular weight excluding hydrogens is 223 g/mol. The molecule has 0 bridgehead atoms. The number of ether oxygens (including phenoxy) is 1. The Hall–Kier alpha value is -1.46. The number of carbonyl (C=O) groups excluding carboxylic acids is 1. The van der Waals surface area contributed by atoms with Crippen molar-refractivity contribution in [3.05, 3.63) is 35.1 Å². The van der Waals surface area contributed by atoms with Gasteiger partial charge in [-0.2, -0.15) is 0 Å². The highest BCUT2D eigenvalue weighted by molar-refractivity contribution is 5.71. The second kappa shape index (κ2) is 6.32. The monoisotopic (exact) mass is 240 g/mol. The van der Waals surface area contributed by atoms with E-state index in [0.717, 1.165) is 11.1 Å². The van der Waals surface area contributed by atoms with E-state index in [1.807, 2.05) is 6.07 Å². The molecule has 0 amide bonds. The summed E-state index contributed by atoms with van der Waals surface area (Å²) in [6.45, 7) is 0.941. The summed E-state index contributed by atoms with van der Waals surface area (Å²) in [4.78, 5) is 12.8. The lowest BCUT2D eigenvalue weighted by Crippen LogP contribution is -2.26. The molecule has 0 heterocycles. The lowest BCUT2D eigenvalue weighted by atomic mass is 10.1. The first-order valence-corrected chi connectivity index (χ1v) is 5.29. The highest BCUT2D eigenvalue weighted by Gasteiger charge is 2.08. The van der Waals surface area contributed by atoms with Gasteiger partial charge < -0.3 is 10.5 Å². The Labute approximate surface area is 100 Å². The fraction of sp³-hybridized carbons (Fsp3) is 0.417. The number of carbonyl (C=O) groups is 1. The Bertz CT molecular complexity index is 396. The van der Waals surface area contributed by atoms with Crippen LogP contribution in [0.2, 0.25) is 0 Å². The predicted octanol–water partition coefficient (Wildman–Crippen LogP) is 0.889. The van der Waals surface area contributed by atoms with Crippen LogP contribution >= 0.6 is 0 Å². The summed E-state index contributed by atoms with van der Waals surface area (Å²) >= 11 is 0. The molecular formula is C12H17FN2O2. The summed E-state index contributed by atoms with van der Waals surface area (Å²) in [5.74, 6) is -0.627. The SMILES string of the molecule is COC(=O)CN(C)Cc1cc(F)cc(CN)c1. The van der Waals surface area contributed by atoms with Gasteiger partial charge >= 0.3 is 5.97 Å². The van der Waals surface area contributed by atoms with Crippen molar-refractivity contribution in [3.63, 3.8) is 0 Å². The molecule has 17 heavy (non-hydrogen) atoms. The molecule has 0 fully saturated rings. The van der Waals surface area contributed by atoms with Crippen LogP contribution in [0.1, 0.15) is 11.1 Å². The molecule has 5 heteroatoms. The molecule has 4 nitrogen and oxygen atoms in total. The Morgan fingerprint density at radius 3 is 2.65 bits per heavy atom. The van der Waals surface area contributed by atoms with Crippen LogP contribution in [0.25, 0.3) is 0 Å². The molecule has 1 rings (SSSR count). The van der Waals surface area contributed by atoms with Gasteiger partial charge in [-0.25, -0.2) is 4.39 Å². The van der Waals surface area contributed by atoms with Gasteiger partial charge in [0.05, 0.1) is 13.7 Å². The average Bonchev–Trinajstić information content (AvgIpc) is 2.27. The van der Waals surface area contributed by atoms with E-state index in [9.17, 15) is 9.18 Å². The fourth-order valence-corrected chi connectivity index (χ4v) is 1.58. The van der Waals surface area contributed by atoms with Gasteiger partial charge in [0.25, 0.3) is 0 Å². The fourth-order valence-electron chi connectivity index (χ4n) is 1.58. The molecule has 0 saturated heterocycles. The van der Waals surface area contributed by atoms with Gasteiger partial charge in [0.15, 0.2) is 0 Å². The maximum Gasteiger partial charge on any atom is 0.319 e. The summed E-state index contributed by atoms with van der Waals surface area (Å²) in [5, 5.41) is 0. The first-order valence-electron chi connectivity index (χ1n) is 5.29. The first-order chi connectivity index (χ1) is 8.05. The summed E-state index contributed by atoms with van der Waals surface area (Å²) < 4.78 is 17.8. The molecule has 0 atom stereocenters. The number of nitrogens with zero attached hydrogens (tertiary/aromatic N) is 1. The van der Waals surface area contributed by atoms with Crippen molar-refractivity contribution in [2.45, 2.75) is 13.1 Å². The molecule has 0 aliphatic heterocycles. The van der Waals surface area contributed by atoms with Crippen LogP contribution in [0.5, 0.6) is 0 Å². The van der Waals surface area contributed by atoms with Crippen LogP contribution in [0.3, 0.4) is 0 Å². The first kappa shape index (κ1) is 13.6. The van der Waals surface area contributed by atoms with Crippen molar-refractivity contribution < 1.29 is 13.9 Å². The number of hydrogen-bond donors (Lipinski definition) is 1. The highest BCUT2D eigenvalue weighted by atomic mass is 19.1. The topological polar surface area (TPSA) is 55.6 Å². The van der Waals surface area contributed by atoms with Gasteiger partial charge in [-0.05, 0) is 30.3 Å². The zero-order valence-electron chi connectivity index (χ0n) is 10.1. The number of nitrogens with two attached hydrogens (primary N) is 1. The predicted molar refractivity (Wildman–Crippen MR) is 62.6 cm³/mol. The number of likely N-dealkylation sites (N-methyl/N-ethyl adjacent to an activating group) is 1. The van der Waals surface area contributed by atoms with Crippen molar-refractivity contribution in [1.82, 2.24) is 4.90 Å². The molecule has 0 spiro atoms. The number of halogens is 1. The molecule has 1 aromatic rings. The molecule has 94 valence electrons. The van der Waals surface area contributed by atoms with E-state index in [-0.39, 0.29) is 18.3 Å². The van der Waals surface area contributed by atoms with Crippen LogP contribution < -0.4 is 5.73 Å². The average molecular weight is 240 g/mol. The number of rotatable bonds is 5. The third-order valence-electron chi connectivity index (χ3n) is 2.33. The van der Waals surface area contributed by atoms with Gasteiger partial charge in [-0.1, -0.05) is 6.07 Å². The molecule has 0 radical (unpaired) electrons. The summed E-state index contributed by atoms with van der Waals surface area (Å²) in [6.07, 6.45) is 0. The van der Waals surface area contributed by atoms with Gasteiger partial charge in [0, 0.05) is 13.1 Å². The van der Waals surface area contributed by atoms with E-state index >= 15 is 0 Å². The van der Waals surface area contributed by atoms with Gasteiger partial charge in [0.1, 0.15) is 5.82 Å². The van der Waals surface area contributed by atoms with Gasteiger partial charge in [-0.15, -0.1) is 0 Å². The third kappa shape index (κ3) is 4.50. The number of esters is 1. The summed E-state index contributed by atoms with van der Waals surface area (Å²) in [7, 11) is 3.11. The summed E-state index contributed by atoms with van der Waals surface area (Å²) in [6, 6.07) is 4.67. The lowest BCUT2D eigenvalue weighted by molar-refractivity contribution is -0.141. The normalized spacial score (nSPS) is 10.6. The second-order valence-electron chi connectivity index (χ2n) is 3.92. The van der Waals surface area contributed by atoms with Crippen molar-refractivity contribution in [1.29, 1.82) is 0 Å². The molecule has 0 saturated carbocycles. The van der Waals surface area contributed by atoms with Crippen molar-refractivity contribution in [3.8, 4) is 0 Å². The van der Waals surface area contributed by atoms with E-state index in [0.29, 0.717) is 13.1 Å². The highest BCUT2D eigenvalue weighted by Crippen LogP contribution is 2.10. The molecule has 1 aromatic carbocycles. The molecule has 0 aromatic heterocycles. The smallest absolute Gasteiger partial charge is 0.319 e. The maximum absolute atomic E-state index is 13.2. The Balaban J connectivity index is 2.67. The minimum Gasteiger partial charge on any atom is -0.468 e. The zero-order valence-corrected chi connectivity index (χ0v) is 10.1. The van der Waals surface area contributed by atoms with E-state index in [1.165, 1.54) is 19.2 Å². The standard InChI is InChI=1S/C12H17FN2O2/c1-15(8-12(16)17-2)7-10-3-9(6-14)4-11(13)5-10/h3-5H,6-8,14H2,1-2H3. The van der Waals surface area contributed by atoms with Gasteiger partial charge in [-0.3, -0.25) is 9.69 Å². The maximum atomic E-state index is 13.2. The van der Waals surface area contributed by atoms with Crippen LogP contribution in [0.4, 0.5) is 4.39 Å². The zero-order chi connectivity index (χ0) is 12.8. The largest absolute Gasteiger partial charge is 0.468 e.